The maximum atomic E-state index is 12.8. The van der Waals surface area contributed by atoms with Crippen LogP contribution in [-0.2, 0) is 17.5 Å². The number of carbonyl (C=O) groups is 1. The number of rotatable bonds is 6. The van der Waals surface area contributed by atoms with Crippen LogP contribution in [0.2, 0.25) is 0 Å². The van der Waals surface area contributed by atoms with E-state index < -0.39 is 11.7 Å². The van der Waals surface area contributed by atoms with E-state index in [1.165, 1.54) is 16.9 Å². The summed E-state index contributed by atoms with van der Waals surface area (Å²) in [6.45, 7) is 1.34. The predicted molar refractivity (Wildman–Crippen MR) is 91.1 cm³/mol. The summed E-state index contributed by atoms with van der Waals surface area (Å²) in [5.41, 5.74) is -0.161. The molecule has 1 aromatic carbocycles. The summed E-state index contributed by atoms with van der Waals surface area (Å²) < 4.78 is 45.3. The van der Waals surface area contributed by atoms with Crippen molar-refractivity contribution in [2.24, 2.45) is 0 Å². The minimum Gasteiger partial charge on any atom is -0.378 e. The molecule has 146 valence electrons. The van der Waals surface area contributed by atoms with Gasteiger partial charge in [-0.05, 0) is 43.4 Å². The number of nitrogens with one attached hydrogen (secondary N) is 1. The van der Waals surface area contributed by atoms with Gasteiger partial charge in [0.05, 0.1) is 24.4 Å². The van der Waals surface area contributed by atoms with Crippen LogP contribution in [0.4, 0.5) is 13.2 Å². The number of carbonyl (C=O) groups excluding carboxylic acids is 1. The van der Waals surface area contributed by atoms with Crippen molar-refractivity contribution in [3.8, 4) is 0 Å². The van der Waals surface area contributed by atoms with E-state index in [9.17, 15) is 18.0 Å². The van der Waals surface area contributed by atoms with Gasteiger partial charge >= 0.3 is 6.18 Å². The minimum absolute atomic E-state index is 0.0973. The highest BCUT2D eigenvalue weighted by Gasteiger charge is 2.30. The zero-order chi connectivity index (χ0) is 19.3. The van der Waals surface area contributed by atoms with E-state index in [0.29, 0.717) is 12.1 Å². The van der Waals surface area contributed by atoms with Crippen LogP contribution in [0.3, 0.4) is 0 Å². The Morgan fingerprint density at radius 3 is 2.93 bits per heavy atom. The van der Waals surface area contributed by atoms with Gasteiger partial charge in [0.1, 0.15) is 0 Å². The second-order valence-electron chi connectivity index (χ2n) is 6.53. The van der Waals surface area contributed by atoms with Crippen LogP contribution in [0.1, 0.15) is 47.3 Å². The highest BCUT2D eigenvalue weighted by molar-refractivity contribution is 5.91. The number of aromatic nitrogens is 3. The molecule has 9 heteroatoms. The molecule has 1 saturated heterocycles. The van der Waals surface area contributed by atoms with Gasteiger partial charge in [-0.15, -0.1) is 5.10 Å². The van der Waals surface area contributed by atoms with Gasteiger partial charge in [-0.1, -0.05) is 17.3 Å². The molecule has 1 N–H and O–H groups in total. The molecule has 6 nitrogen and oxygen atoms in total. The SMILES string of the molecule is O=C(NCC[C@H]1CCCCO1)c1cn(Cc2cccc(C(F)(F)F)c2)nn1. The van der Waals surface area contributed by atoms with Crippen LogP contribution < -0.4 is 5.32 Å². The Morgan fingerprint density at radius 1 is 1.33 bits per heavy atom. The molecule has 3 rings (SSSR count). The fourth-order valence-corrected chi connectivity index (χ4v) is 2.99. The molecule has 0 saturated carbocycles. The van der Waals surface area contributed by atoms with Gasteiger partial charge in [-0.2, -0.15) is 13.2 Å². The van der Waals surface area contributed by atoms with Crippen LogP contribution in [0.25, 0.3) is 0 Å². The van der Waals surface area contributed by atoms with Crippen molar-refractivity contribution in [3.63, 3.8) is 0 Å². The van der Waals surface area contributed by atoms with Crippen molar-refractivity contribution in [2.75, 3.05) is 13.2 Å². The number of nitrogens with zero attached hydrogens (tertiary/aromatic N) is 3. The van der Waals surface area contributed by atoms with Crippen LogP contribution in [0.15, 0.2) is 30.5 Å². The number of amides is 1. The molecule has 0 spiro atoms. The molecule has 0 radical (unpaired) electrons. The van der Waals surface area contributed by atoms with Crippen LogP contribution >= 0.6 is 0 Å². The zero-order valence-corrected chi connectivity index (χ0v) is 14.7. The monoisotopic (exact) mass is 382 g/mol. The Kier molecular flexibility index (Phi) is 6.10. The lowest BCUT2D eigenvalue weighted by molar-refractivity contribution is -0.137. The zero-order valence-electron chi connectivity index (χ0n) is 14.7. The topological polar surface area (TPSA) is 69.0 Å². The lowest BCUT2D eigenvalue weighted by Gasteiger charge is -2.22. The van der Waals surface area contributed by atoms with E-state index in [1.54, 1.807) is 6.07 Å². The molecule has 0 aliphatic carbocycles. The van der Waals surface area contributed by atoms with E-state index in [0.717, 1.165) is 44.4 Å². The van der Waals surface area contributed by atoms with E-state index in [1.807, 2.05) is 0 Å². The van der Waals surface area contributed by atoms with Crippen LogP contribution in [0.5, 0.6) is 0 Å². The van der Waals surface area contributed by atoms with Crippen molar-refractivity contribution in [3.05, 3.63) is 47.3 Å². The largest absolute Gasteiger partial charge is 0.416 e. The molecule has 1 amide bonds. The lowest BCUT2D eigenvalue weighted by Crippen LogP contribution is -2.29. The lowest BCUT2D eigenvalue weighted by atomic mass is 10.1. The molecule has 0 unspecified atom stereocenters. The highest BCUT2D eigenvalue weighted by atomic mass is 19.4. The van der Waals surface area contributed by atoms with Gasteiger partial charge in [0.15, 0.2) is 5.69 Å². The molecule has 1 aliphatic heterocycles. The summed E-state index contributed by atoms with van der Waals surface area (Å²) in [5.74, 6) is -0.360. The Morgan fingerprint density at radius 2 is 2.19 bits per heavy atom. The molecule has 2 heterocycles. The Bertz CT molecular complexity index is 770. The first-order valence-electron chi connectivity index (χ1n) is 8.88. The van der Waals surface area contributed by atoms with E-state index in [-0.39, 0.29) is 24.2 Å². The fraction of sp³-hybridized carbons (Fsp3) is 0.500. The van der Waals surface area contributed by atoms with E-state index >= 15 is 0 Å². The number of hydrogen-bond donors (Lipinski definition) is 1. The first kappa shape index (κ1) is 19.3. The maximum absolute atomic E-state index is 12.8. The summed E-state index contributed by atoms with van der Waals surface area (Å²) in [5, 5.41) is 10.4. The van der Waals surface area contributed by atoms with Gasteiger partial charge in [-0.3, -0.25) is 4.79 Å². The van der Waals surface area contributed by atoms with Crippen LogP contribution in [-0.4, -0.2) is 40.2 Å². The molecule has 1 aliphatic rings. The summed E-state index contributed by atoms with van der Waals surface area (Å²) in [4.78, 5) is 12.1. The molecule has 1 fully saturated rings. The summed E-state index contributed by atoms with van der Waals surface area (Å²) in [6.07, 6.45) is 1.17. The van der Waals surface area contributed by atoms with Crippen molar-refractivity contribution in [1.29, 1.82) is 0 Å². The maximum Gasteiger partial charge on any atom is 0.416 e. The number of hydrogen-bond acceptors (Lipinski definition) is 4. The first-order chi connectivity index (χ1) is 12.9. The van der Waals surface area contributed by atoms with Crippen molar-refractivity contribution < 1.29 is 22.7 Å². The van der Waals surface area contributed by atoms with E-state index in [4.69, 9.17) is 4.74 Å². The molecule has 27 heavy (non-hydrogen) atoms. The normalized spacial score (nSPS) is 17.7. The molecular formula is C18H21F3N4O2. The Labute approximate surface area is 154 Å². The number of ether oxygens (including phenoxy) is 1. The van der Waals surface area contributed by atoms with Gasteiger partial charge < -0.3 is 10.1 Å². The Balaban J connectivity index is 1.52. The second kappa shape index (κ2) is 8.51. The van der Waals surface area contributed by atoms with Crippen molar-refractivity contribution in [1.82, 2.24) is 20.3 Å². The number of alkyl halides is 3. The number of benzene rings is 1. The molecule has 0 bridgehead atoms. The van der Waals surface area contributed by atoms with Crippen molar-refractivity contribution in [2.45, 2.75) is 44.5 Å². The Hall–Kier alpha value is -2.42. The van der Waals surface area contributed by atoms with E-state index in [2.05, 4.69) is 15.6 Å². The highest BCUT2D eigenvalue weighted by Crippen LogP contribution is 2.29. The van der Waals surface area contributed by atoms with Crippen molar-refractivity contribution >= 4 is 5.91 Å². The summed E-state index contributed by atoms with van der Waals surface area (Å²) in [6, 6.07) is 4.99. The quantitative estimate of drug-likeness (QED) is 0.834. The number of halogens is 3. The standard InChI is InChI=1S/C18H21F3N4O2/c19-18(20,21)14-5-3-4-13(10-14)11-25-12-16(23-24-25)17(26)22-8-7-15-6-1-2-9-27-15/h3-5,10,12,15H,1-2,6-9,11H2,(H,22,26)/t15-/m1/s1. The minimum atomic E-state index is -4.40. The molecule has 2 aromatic rings. The fourth-order valence-electron chi connectivity index (χ4n) is 2.99. The summed E-state index contributed by atoms with van der Waals surface area (Å²) >= 11 is 0. The second-order valence-corrected chi connectivity index (χ2v) is 6.53. The molecule has 1 aromatic heterocycles. The smallest absolute Gasteiger partial charge is 0.378 e. The predicted octanol–water partition coefficient (Wildman–Crippen LogP) is 3.03. The average molecular weight is 382 g/mol. The molecule has 1 atom stereocenters. The van der Waals surface area contributed by atoms with Gasteiger partial charge in [-0.25, -0.2) is 4.68 Å². The third-order valence-corrected chi connectivity index (χ3v) is 4.40. The van der Waals surface area contributed by atoms with Crippen LogP contribution in [0, 0.1) is 0 Å². The third-order valence-electron chi connectivity index (χ3n) is 4.40. The first-order valence-corrected chi connectivity index (χ1v) is 8.88. The molecular weight excluding hydrogens is 361 g/mol. The third kappa shape index (κ3) is 5.53. The summed E-state index contributed by atoms with van der Waals surface area (Å²) in [7, 11) is 0. The average Bonchev–Trinajstić information content (AvgIpc) is 3.11. The van der Waals surface area contributed by atoms with Gasteiger partial charge in [0, 0.05) is 13.2 Å². The van der Waals surface area contributed by atoms with Gasteiger partial charge in [0.25, 0.3) is 5.91 Å². The van der Waals surface area contributed by atoms with Gasteiger partial charge in [0.2, 0.25) is 0 Å².